The summed E-state index contributed by atoms with van der Waals surface area (Å²) in [7, 11) is 0. The molecule has 0 aliphatic rings. The Balaban J connectivity index is 0.995. The predicted octanol–water partition coefficient (Wildman–Crippen LogP) is 12.5. The molecule has 0 bridgehead atoms. The van der Waals surface area contributed by atoms with E-state index in [1.165, 1.54) is 38.6 Å². The lowest BCUT2D eigenvalue weighted by molar-refractivity contribution is 0.670. The van der Waals surface area contributed by atoms with Gasteiger partial charge in [0.2, 0.25) is 0 Å². The Hall–Kier alpha value is -6.58. The molecule has 8 aromatic carbocycles. The van der Waals surface area contributed by atoms with Crippen molar-refractivity contribution in [2.45, 2.75) is 0 Å². The molecule has 10 aromatic rings. The van der Waals surface area contributed by atoms with Crippen LogP contribution in [0.1, 0.15) is 0 Å². The van der Waals surface area contributed by atoms with E-state index in [9.17, 15) is 0 Å². The number of rotatable bonds is 4. The van der Waals surface area contributed by atoms with Gasteiger partial charge in [-0.1, -0.05) is 133 Å². The van der Waals surface area contributed by atoms with Gasteiger partial charge in [-0.25, -0.2) is 0 Å². The third-order valence-electron chi connectivity index (χ3n) is 9.77. The van der Waals surface area contributed by atoms with Crippen molar-refractivity contribution in [3.05, 3.63) is 170 Å². The average Bonchev–Trinajstić information content (AvgIpc) is 3.57. The summed E-state index contributed by atoms with van der Waals surface area (Å²) < 4.78 is 6.35. The van der Waals surface area contributed by atoms with Gasteiger partial charge < -0.3 is 4.42 Å². The first-order chi connectivity index (χ1) is 24.3. The highest BCUT2D eigenvalue weighted by atomic mass is 16.3. The summed E-state index contributed by atoms with van der Waals surface area (Å²) in [5, 5.41) is 6.93. The van der Waals surface area contributed by atoms with Gasteiger partial charge in [0.1, 0.15) is 11.2 Å². The van der Waals surface area contributed by atoms with Gasteiger partial charge >= 0.3 is 0 Å². The molecule has 0 unspecified atom stereocenters. The molecule has 0 aliphatic heterocycles. The molecule has 0 fully saturated rings. The minimum absolute atomic E-state index is 0.914. The van der Waals surface area contributed by atoms with Crippen molar-refractivity contribution in [2.75, 3.05) is 0 Å². The van der Waals surface area contributed by atoms with Crippen molar-refractivity contribution in [3.8, 4) is 44.5 Å². The van der Waals surface area contributed by atoms with E-state index in [4.69, 9.17) is 14.4 Å². The Morgan fingerprint density at radius 1 is 0.327 bits per heavy atom. The third-order valence-corrected chi connectivity index (χ3v) is 9.77. The topological polar surface area (TPSA) is 38.9 Å². The molecule has 0 N–H and O–H groups in total. The fourth-order valence-corrected chi connectivity index (χ4v) is 7.39. The van der Waals surface area contributed by atoms with Crippen LogP contribution < -0.4 is 0 Å². The lowest BCUT2D eigenvalue weighted by Crippen LogP contribution is -1.89. The zero-order valence-electron chi connectivity index (χ0n) is 26.5. The molecule has 3 nitrogen and oxygen atoms in total. The lowest BCUT2D eigenvalue weighted by atomic mass is 9.94. The van der Waals surface area contributed by atoms with E-state index in [0.29, 0.717) is 0 Å². The van der Waals surface area contributed by atoms with Crippen LogP contribution in [0.3, 0.4) is 0 Å². The van der Waals surface area contributed by atoms with E-state index in [1.54, 1.807) is 12.4 Å². The first kappa shape index (κ1) is 27.5. The van der Waals surface area contributed by atoms with Crippen LogP contribution in [0.4, 0.5) is 0 Å². The maximum absolute atomic E-state index is 6.35. The smallest absolute Gasteiger partial charge is 0.143 e. The van der Waals surface area contributed by atoms with Crippen molar-refractivity contribution in [1.82, 2.24) is 9.97 Å². The summed E-state index contributed by atoms with van der Waals surface area (Å²) in [6.45, 7) is 0. The van der Waals surface area contributed by atoms with Crippen molar-refractivity contribution < 1.29 is 4.42 Å². The zero-order valence-corrected chi connectivity index (χ0v) is 26.5. The van der Waals surface area contributed by atoms with Gasteiger partial charge in [0.15, 0.2) is 0 Å². The summed E-state index contributed by atoms with van der Waals surface area (Å²) in [6.07, 6.45) is 3.56. The Morgan fingerprint density at radius 2 is 0.837 bits per heavy atom. The van der Waals surface area contributed by atoms with Crippen LogP contribution in [0, 0.1) is 0 Å². The number of aromatic nitrogens is 2. The van der Waals surface area contributed by atoms with Crippen LogP contribution in [0.5, 0.6) is 0 Å². The molecular formula is C46H28N2O. The number of benzene rings is 8. The molecule has 228 valence electrons. The van der Waals surface area contributed by atoms with Gasteiger partial charge in [-0.05, 0) is 74.0 Å². The van der Waals surface area contributed by atoms with Crippen molar-refractivity contribution in [1.29, 1.82) is 0 Å². The van der Waals surface area contributed by atoms with Crippen molar-refractivity contribution >= 4 is 54.5 Å². The first-order valence-electron chi connectivity index (χ1n) is 16.6. The molecule has 2 aromatic heterocycles. The van der Waals surface area contributed by atoms with E-state index in [-0.39, 0.29) is 0 Å². The summed E-state index contributed by atoms with van der Waals surface area (Å²) in [5.41, 5.74) is 13.0. The summed E-state index contributed by atoms with van der Waals surface area (Å²) >= 11 is 0. The second-order valence-corrected chi connectivity index (χ2v) is 12.6. The Labute approximate surface area is 282 Å². The number of furan rings is 1. The minimum Gasteiger partial charge on any atom is -0.455 e. The molecule has 0 radical (unpaired) electrons. The summed E-state index contributed by atoms with van der Waals surface area (Å²) in [6, 6.07) is 56.2. The van der Waals surface area contributed by atoms with Gasteiger partial charge in [-0.2, -0.15) is 0 Å². The monoisotopic (exact) mass is 624 g/mol. The van der Waals surface area contributed by atoms with Crippen LogP contribution in [0.25, 0.3) is 99.0 Å². The molecule has 0 amide bonds. The van der Waals surface area contributed by atoms with E-state index in [0.717, 1.165) is 60.4 Å². The Morgan fingerprint density at radius 3 is 1.59 bits per heavy atom. The van der Waals surface area contributed by atoms with Crippen LogP contribution in [0.15, 0.2) is 175 Å². The van der Waals surface area contributed by atoms with Crippen LogP contribution in [0.2, 0.25) is 0 Å². The largest absolute Gasteiger partial charge is 0.455 e. The van der Waals surface area contributed by atoms with Gasteiger partial charge in [0.05, 0.1) is 11.0 Å². The molecule has 3 heteroatoms. The maximum Gasteiger partial charge on any atom is 0.143 e. The molecule has 49 heavy (non-hydrogen) atoms. The number of nitrogens with zero attached hydrogens (tertiary/aromatic N) is 2. The normalized spacial score (nSPS) is 11.7. The predicted molar refractivity (Wildman–Crippen MR) is 204 cm³/mol. The molecule has 0 saturated heterocycles. The Bertz CT molecular complexity index is 2850. The van der Waals surface area contributed by atoms with Gasteiger partial charge in [0, 0.05) is 39.5 Å². The standard InChI is InChI=1S/C46H28N2O/c1-2-14-40-37(12-1)38-23-22-34(28-42(38)45-44(40)47-24-25-48-45)30-20-18-29(19-21-30)31-8-5-9-32(26-31)33-10-6-11-35(27-33)36-15-7-16-41-39-13-3-4-17-43(39)49-46(36)41/h1-28H. The average molecular weight is 625 g/mol. The number of hydrogen-bond donors (Lipinski definition) is 0. The highest BCUT2D eigenvalue weighted by molar-refractivity contribution is 6.23. The molecule has 0 atom stereocenters. The SMILES string of the molecule is c1cc(-c2ccc(-c3ccc4c5ccccc5c5nccnc5c4c3)cc2)cc(-c2cccc(-c3cccc4c3oc3ccccc34)c2)c1. The third kappa shape index (κ3) is 4.51. The minimum atomic E-state index is 0.914. The second-order valence-electron chi connectivity index (χ2n) is 12.6. The molecule has 2 heterocycles. The lowest BCUT2D eigenvalue weighted by Gasteiger charge is -2.11. The molecule has 0 aliphatic carbocycles. The van der Waals surface area contributed by atoms with Gasteiger partial charge in [-0.3, -0.25) is 9.97 Å². The van der Waals surface area contributed by atoms with Gasteiger partial charge in [-0.15, -0.1) is 0 Å². The van der Waals surface area contributed by atoms with Crippen LogP contribution >= 0.6 is 0 Å². The Kier molecular flexibility index (Phi) is 6.18. The summed E-state index contributed by atoms with van der Waals surface area (Å²) in [4.78, 5) is 9.47. The fraction of sp³-hybridized carbons (Fsp3) is 0. The van der Waals surface area contributed by atoms with Crippen molar-refractivity contribution in [2.24, 2.45) is 0 Å². The van der Waals surface area contributed by atoms with E-state index in [1.807, 2.05) is 12.1 Å². The molecule has 0 spiro atoms. The van der Waals surface area contributed by atoms with Gasteiger partial charge in [0.25, 0.3) is 0 Å². The second kappa shape index (κ2) is 11.0. The van der Waals surface area contributed by atoms with E-state index < -0.39 is 0 Å². The maximum atomic E-state index is 6.35. The quantitative estimate of drug-likeness (QED) is 0.183. The van der Waals surface area contributed by atoms with E-state index in [2.05, 4.69) is 146 Å². The highest BCUT2D eigenvalue weighted by Crippen LogP contribution is 2.38. The number of fused-ring (bicyclic) bond motifs is 9. The zero-order chi connectivity index (χ0) is 32.3. The highest BCUT2D eigenvalue weighted by Gasteiger charge is 2.14. The van der Waals surface area contributed by atoms with E-state index >= 15 is 0 Å². The first-order valence-corrected chi connectivity index (χ1v) is 16.6. The number of para-hydroxylation sites is 2. The van der Waals surface area contributed by atoms with Crippen LogP contribution in [-0.2, 0) is 0 Å². The fourth-order valence-electron chi connectivity index (χ4n) is 7.39. The molecular weight excluding hydrogens is 597 g/mol. The summed E-state index contributed by atoms with van der Waals surface area (Å²) in [5.74, 6) is 0. The molecule has 0 saturated carbocycles. The van der Waals surface area contributed by atoms with Crippen LogP contribution in [-0.4, -0.2) is 9.97 Å². The molecule has 10 rings (SSSR count). The van der Waals surface area contributed by atoms with Crippen molar-refractivity contribution in [3.63, 3.8) is 0 Å². The number of hydrogen-bond acceptors (Lipinski definition) is 3.